The number of hydrogen-bond acceptors (Lipinski definition) is 6. The van der Waals surface area contributed by atoms with Crippen molar-refractivity contribution in [2.45, 2.75) is 13.5 Å². The third-order valence-corrected chi connectivity index (χ3v) is 7.08. The molecule has 0 aliphatic heterocycles. The van der Waals surface area contributed by atoms with E-state index in [1.807, 2.05) is 73.7 Å². The van der Waals surface area contributed by atoms with Crippen LogP contribution in [0.1, 0.15) is 11.4 Å². The minimum atomic E-state index is 0.643. The van der Waals surface area contributed by atoms with Crippen molar-refractivity contribution < 1.29 is 0 Å². The van der Waals surface area contributed by atoms with Crippen molar-refractivity contribution in [3.63, 3.8) is 0 Å². The number of H-pyrrole nitrogens is 1. The smallest absolute Gasteiger partial charge is 0.180 e. The van der Waals surface area contributed by atoms with Gasteiger partial charge < -0.3 is 4.57 Å². The number of rotatable bonds is 6. The van der Waals surface area contributed by atoms with Gasteiger partial charge >= 0.3 is 0 Å². The first kappa shape index (κ1) is 23.6. The van der Waals surface area contributed by atoms with Crippen LogP contribution in [0, 0.1) is 6.92 Å². The summed E-state index contributed by atoms with van der Waals surface area (Å²) in [6, 6.07) is 37.0. The van der Waals surface area contributed by atoms with Crippen molar-refractivity contribution in [3.05, 3.63) is 121 Å². The van der Waals surface area contributed by atoms with Gasteiger partial charge in [-0.25, -0.2) is 10.1 Å². The molecule has 0 atom stereocenters. The van der Waals surface area contributed by atoms with E-state index in [2.05, 4.69) is 72.8 Å². The normalized spacial score (nSPS) is 11.2. The maximum atomic E-state index is 5.02. The Labute approximate surface area is 230 Å². The summed E-state index contributed by atoms with van der Waals surface area (Å²) in [5.41, 5.74) is 9.69. The lowest BCUT2D eigenvalue weighted by molar-refractivity contribution is 0.785. The van der Waals surface area contributed by atoms with Crippen LogP contribution < -0.4 is 0 Å². The summed E-state index contributed by atoms with van der Waals surface area (Å²) in [5.74, 6) is 1.55. The molecule has 0 amide bonds. The standard InChI is InChI=1S/C32H24N8/c1-21-33-30-28(24-10-4-2-5-11-24)34-35-29(25-12-6-3-7-13-25)31(30)40(21)20-22-16-18-23(19-17-22)26-14-8-9-15-27(26)32-36-38-39-37-32/h2-19H,20H2,1H3,(H,36,37,38,39). The number of aryl methyl sites for hydroxylation is 1. The minimum absolute atomic E-state index is 0.643. The number of imidazole rings is 1. The summed E-state index contributed by atoms with van der Waals surface area (Å²) in [7, 11) is 0. The van der Waals surface area contributed by atoms with E-state index < -0.39 is 0 Å². The molecule has 3 heterocycles. The first-order valence-electron chi connectivity index (χ1n) is 13.0. The second-order valence-electron chi connectivity index (χ2n) is 9.56. The largest absolute Gasteiger partial charge is 0.322 e. The molecule has 0 saturated heterocycles. The highest BCUT2D eigenvalue weighted by atomic mass is 15.5. The summed E-state index contributed by atoms with van der Waals surface area (Å²) < 4.78 is 2.24. The molecule has 1 N–H and O–H groups in total. The third kappa shape index (κ3) is 4.21. The van der Waals surface area contributed by atoms with Crippen LogP contribution in [0.15, 0.2) is 109 Å². The van der Waals surface area contributed by atoms with Gasteiger partial charge in [-0.3, -0.25) is 0 Å². The molecule has 0 aliphatic carbocycles. The van der Waals surface area contributed by atoms with Crippen LogP contribution in [-0.2, 0) is 6.54 Å². The molecule has 7 aromatic rings. The molecule has 0 radical (unpaired) electrons. The molecule has 3 aromatic heterocycles. The number of benzene rings is 4. The molecule has 0 fully saturated rings. The second kappa shape index (κ2) is 9.99. The SMILES string of the molecule is Cc1nc2c(-c3ccccc3)nnc(-c3ccccc3)c2n1Cc1ccc(-c2ccccc2-c2nnn[nH]2)cc1. The average molecular weight is 521 g/mol. The summed E-state index contributed by atoms with van der Waals surface area (Å²) in [4.78, 5) is 5.02. The van der Waals surface area contributed by atoms with E-state index in [1.54, 1.807) is 0 Å². The summed E-state index contributed by atoms with van der Waals surface area (Å²) in [6.45, 7) is 2.69. The van der Waals surface area contributed by atoms with E-state index in [0.29, 0.717) is 12.4 Å². The predicted octanol–water partition coefficient (Wildman–Crippen LogP) is 6.36. The fourth-order valence-corrected chi connectivity index (χ4v) is 5.13. The molecule has 40 heavy (non-hydrogen) atoms. The van der Waals surface area contributed by atoms with Gasteiger partial charge in [0.2, 0.25) is 0 Å². The first-order chi connectivity index (χ1) is 19.8. The Morgan fingerprint density at radius 3 is 1.93 bits per heavy atom. The van der Waals surface area contributed by atoms with Crippen LogP contribution in [0.4, 0.5) is 0 Å². The highest BCUT2D eigenvalue weighted by molar-refractivity contribution is 5.97. The molecule has 0 aliphatic rings. The second-order valence-corrected chi connectivity index (χ2v) is 9.56. The number of hydrogen-bond donors (Lipinski definition) is 1. The predicted molar refractivity (Wildman–Crippen MR) is 155 cm³/mol. The van der Waals surface area contributed by atoms with Gasteiger partial charge in [0.1, 0.15) is 22.7 Å². The van der Waals surface area contributed by atoms with Gasteiger partial charge in [-0.05, 0) is 34.0 Å². The monoisotopic (exact) mass is 520 g/mol. The fourth-order valence-electron chi connectivity index (χ4n) is 5.13. The van der Waals surface area contributed by atoms with Gasteiger partial charge in [0.25, 0.3) is 0 Å². The van der Waals surface area contributed by atoms with Crippen LogP contribution in [0.25, 0.3) is 56.1 Å². The molecule has 8 heteroatoms. The molecule has 7 rings (SSSR count). The van der Waals surface area contributed by atoms with Crippen LogP contribution in [0.2, 0.25) is 0 Å². The van der Waals surface area contributed by atoms with Gasteiger partial charge in [0, 0.05) is 23.2 Å². The highest BCUT2D eigenvalue weighted by Crippen LogP contribution is 2.34. The van der Waals surface area contributed by atoms with Crippen molar-refractivity contribution in [2.24, 2.45) is 0 Å². The Morgan fingerprint density at radius 1 is 0.625 bits per heavy atom. The molecule has 4 aromatic carbocycles. The lowest BCUT2D eigenvalue weighted by Gasteiger charge is -2.12. The number of aromatic amines is 1. The zero-order chi connectivity index (χ0) is 26.9. The van der Waals surface area contributed by atoms with E-state index in [4.69, 9.17) is 10.1 Å². The lowest BCUT2D eigenvalue weighted by Crippen LogP contribution is -2.04. The highest BCUT2D eigenvalue weighted by Gasteiger charge is 2.20. The summed E-state index contributed by atoms with van der Waals surface area (Å²) in [5, 5.41) is 23.8. The van der Waals surface area contributed by atoms with Gasteiger partial charge in [-0.1, -0.05) is 109 Å². The zero-order valence-electron chi connectivity index (χ0n) is 21.7. The Morgan fingerprint density at radius 2 is 1.25 bits per heavy atom. The van der Waals surface area contributed by atoms with Crippen molar-refractivity contribution in [2.75, 3.05) is 0 Å². The van der Waals surface area contributed by atoms with Crippen LogP contribution >= 0.6 is 0 Å². The van der Waals surface area contributed by atoms with Gasteiger partial charge in [0.15, 0.2) is 5.82 Å². The van der Waals surface area contributed by atoms with Crippen LogP contribution in [0.3, 0.4) is 0 Å². The number of tetrazole rings is 1. The van der Waals surface area contributed by atoms with Crippen molar-refractivity contribution in [1.82, 2.24) is 40.4 Å². The number of nitrogens with one attached hydrogen (secondary N) is 1. The van der Waals surface area contributed by atoms with Gasteiger partial charge in [-0.15, -0.1) is 15.3 Å². The number of aromatic nitrogens is 8. The van der Waals surface area contributed by atoms with E-state index >= 15 is 0 Å². The van der Waals surface area contributed by atoms with Crippen molar-refractivity contribution in [1.29, 1.82) is 0 Å². The van der Waals surface area contributed by atoms with Gasteiger partial charge in [-0.2, -0.15) is 0 Å². The van der Waals surface area contributed by atoms with Gasteiger partial charge in [0.05, 0.1) is 5.52 Å². The van der Waals surface area contributed by atoms with Crippen LogP contribution in [0.5, 0.6) is 0 Å². The van der Waals surface area contributed by atoms with E-state index in [-0.39, 0.29) is 0 Å². The number of fused-ring (bicyclic) bond motifs is 1. The zero-order valence-corrected chi connectivity index (χ0v) is 21.7. The van der Waals surface area contributed by atoms with Crippen molar-refractivity contribution >= 4 is 11.0 Å². The first-order valence-corrected chi connectivity index (χ1v) is 13.0. The average Bonchev–Trinajstić information content (AvgIpc) is 3.67. The molecule has 0 unspecified atom stereocenters. The molecule has 0 bridgehead atoms. The third-order valence-electron chi connectivity index (χ3n) is 7.08. The molecular weight excluding hydrogens is 496 g/mol. The Bertz CT molecular complexity index is 1910. The fraction of sp³-hybridized carbons (Fsp3) is 0.0625. The quantitative estimate of drug-likeness (QED) is 0.274. The Balaban J connectivity index is 1.32. The molecule has 0 spiro atoms. The maximum Gasteiger partial charge on any atom is 0.180 e. The lowest BCUT2D eigenvalue weighted by atomic mass is 9.98. The number of nitrogens with zero attached hydrogens (tertiary/aromatic N) is 7. The van der Waals surface area contributed by atoms with E-state index in [0.717, 1.165) is 61.6 Å². The Hall–Kier alpha value is -5.50. The Kier molecular flexibility index (Phi) is 5.90. The molecular formula is C32H24N8. The molecule has 8 nitrogen and oxygen atoms in total. The maximum absolute atomic E-state index is 5.02. The molecule has 192 valence electrons. The summed E-state index contributed by atoms with van der Waals surface area (Å²) >= 11 is 0. The topological polar surface area (TPSA) is 98.1 Å². The van der Waals surface area contributed by atoms with Crippen LogP contribution in [-0.4, -0.2) is 40.4 Å². The molecule has 0 saturated carbocycles. The van der Waals surface area contributed by atoms with E-state index in [9.17, 15) is 0 Å². The van der Waals surface area contributed by atoms with E-state index in [1.165, 1.54) is 0 Å². The minimum Gasteiger partial charge on any atom is -0.322 e. The summed E-state index contributed by atoms with van der Waals surface area (Å²) in [6.07, 6.45) is 0. The van der Waals surface area contributed by atoms with Crippen molar-refractivity contribution in [3.8, 4) is 45.0 Å².